The summed E-state index contributed by atoms with van der Waals surface area (Å²) >= 11 is 0. The highest BCUT2D eigenvalue weighted by molar-refractivity contribution is 7.90. The lowest BCUT2D eigenvalue weighted by atomic mass is 9.91. The Hall–Kier alpha value is -2.38. The molecule has 1 heterocycles. The third kappa shape index (κ3) is 3.21. The Kier molecular flexibility index (Phi) is 4.56. The second kappa shape index (κ2) is 6.35. The van der Waals surface area contributed by atoms with E-state index in [1.165, 1.54) is 10.6 Å². The molecule has 10 heteroatoms. The zero-order valence-corrected chi connectivity index (χ0v) is 14.8. The minimum Gasteiger partial charge on any atom is -0.382 e. The van der Waals surface area contributed by atoms with E-state index in [1.807, 2.05) is 0 Å². The summed E-state index contributed by atoms with van der Waals surface area (Å²) in [7, 11) is -3.97. The van der Waals surface area contributed by atoms with Gasteiger partial charge in [0.15, 0.2) is 9.84 Å². The molecule has 0 radical (unpaired) electrons. The van der Waals surface area contributed by atoms with E-state index in [-0.39, 0.29) is 23.4 Å². The zero-order chi connectivity index (χ0) is 20.1. The first-order valence-electron chi connectivity index (χ1n) is 7.80. The van der Waals surface area contributed by atoms with Crippen LogP contribution in [-0.2, 0) is 16.3 Å². The molecule has 0 amide bonds. The third-order valence-electron chi connectivity index (χ3n) is 4.55. The fourth-order valence-corrected chi connectivity index (χ4v) is 4.15. The molecule has 1 aromatic carbocycles. The number of aliphatic hydroxyl groups excluding tert-OH is 1. The van der Waals surface area contributed by atoms with Crippen LogP contribution in [0.25, 0.3) is 5.69 Å². The largest absolute Gasteiger partial charge is 0.382 e. The number of hydrogen-bond acceptors (Lipinski definition) is 4. The predicted molar refractivity (Wildman–Crippen MR) is 86.8 cm³/mol. The van der Waals surface area contributed by atoms with Crippen molar-refractivity contribution in [1.29, 1.82) is 5.26 Å². The van der Waals surface area contributed by atoms with Gasteiger partial charge in [-0.2, -0.15) is 5.26 Å². The lowest BCUT2D eigenvalue weighted by Gasteiger charge is -2.29. The lowest BCUT2D eigenvalue weighted by molar-refractivity contribution is -0.123. The molecule has 0 unspecified atom stereocenters. The Balaban J connectivity index is 2.28. The van der Waals surface area contributed by atoms with Crippen LogP contribution in [0.4, 0.5) is 17.6 Å². The van der Waals surface area contributed by atoms with Crippen LogP contribution in [0.15, 0.2) is 29.3 Å². The molecule has 1 atom stereocenters. The minimum atomic E-state index is -3.97. The molecule has 1 aromatic heterocycles. The Labute approximate surface area is 152 Å². The van der Waals surface area contributed by atoms with Crippen LogP contribution in [0.1, 0.15) is 41.3 Å². The molecule has 0 fully saturated rings. The maximum atomic E-state index is 13.9. The lowest BCUT2D eigenvalue weighted by Crippen LogP contribution is -2.32. The van der Waals surface area contributed by atoms with Crippen LogP contribution < -0.4 is 0 Å². The standard InChI is InChI=1S/C17H14F4N2O3S/c1-27(25,26)13-8-23(12-4-5-17(20,21)15(24)14(12)13)10-3-2-9(7-22)11(6-10)16(18)19/h2-3,6,8,15-16,24H,4-5H2,1H3/t15-/m0/s1. The Morgan fingerprint density at radius 1 is 1.37 bits per heavy atom. The average Bonchev–Trinajstić information content (AvgIpc) is 2.98. The number of aliphatic hydroxyl groups is 1. The topological polar surface area (TPSA) is 83.1 Å². The molecular weight excluding hydrogens is 388 g/mol. The molecule has 1 aliphatic rings. The zero-order valence-electron chi connectivity index (χ0n) is 14.0. The smallest absolute Gasteiger partial charge is 0.278 e. The molecule has 0 spiro atoms. The van der Waals surface area contributed by atoms with E-state index >= 15 is 0 Å². The average molecular weight is 402 g/mol. The van der Waals surface area contributed by atoms with Crippen LogP contribution in [0, 0.1) is 11.3 Å². The summed E-state index contributed by atoms with van der Waals surface area (Å²) in [6.07, 6.45) is -4.38. The summed E-state index contributed by atoms with van der Waals surface area (Å²) in [4.78, 5) is -0.479. The van der Waals surface area contributed by atoms with E-state index in [1.54, 1.807) is 6.07 Å². The molecule has 0 aliphatic heterocycles. The van der Waals surface area contributed by atoms with Gasteiger partial charge in [0.2, 0.25) is 0 Å². The second-order valence-electron chi connectivity index (χ2n) is 6.34. The molecular formula is C17H14F4N2O3S. The second-order valence-corrected chi connectivity index (χ2v) is 8.33. The van der Waals surface area contributed by atoms with Gasteiger partial charge < -0.3 is 9.67 Å². The van der Waals surface area contributed by atoms with Gasteiger partial charge in [-0.1, -0.05) is 0 Å². The number of sulfone groups is 1. The van der Waals surface area contributed by atoms with Gasteiger partial charge in [0.05, 0.1) is 16.5 Å². The molecule has 0 saturated carbocycles. The molecule has 5 nitrogen and oxygen atoms in total. The van der Waals surface area contributed by atoms with E-state index in [4.69, 9.17) is 5.26 Å². The van der Waals surface area contributed by atoms with Gasteiger partial charge in [-0.25, -0.2) is 26.0 Å². The van der Waals surface area contributed by atoms with Gasteiger partial charge in [-0.15, -0.1) is 0 Å². The highest BCUT2D eigenvalue weighted by atomic mass is 32.2. The summed E-state index contributed by atoms with van der Waals surface area (Å²) in [5, 5.41) is 19.0. The van der Waals surface area contributed by atoms with Crippen molar-refractivity contribution in [2.24, 2.45) is 0 Å². The minimum absolute atomic E-state index is 0.0906. The van der Waals surface area contributed by atoms with Crippen molar-refractivity contribution in [2.45, 2.75) is 36.2 Å². The van der Waals surface area contributed by atoms with Crippen molar-refractivity contribution in [2.75, 3.05) is 6.26 Å². The fraction of sp³-hybridized carbons (Fsp3) is 0.353. The van der Waals surface area contributed by atoms with Gasteiger partial charge in [0, 0.05) is 41.4 Å². The van der Waals surface area contributed by atoms with Crippen molar-refractivity contribution in [3.63, 3.8) is 0 Å². The monoisotopic (exact) mass is 402 g/mol. The van der Waals surface area contributed by atoms with Gasteiger partial charge in [-0.05, 0) is 24.6 Å². The van der Waals surface area contributed by atoms with Crippen LogP contribution in [-0.4, -0.2) is 30.3 Å². The Morgan fingerprint density at radius 2 is 2.04 bits per heavy atom. The van der Waals surface area contributed by atoms with Gasteiger partial charge in [0.1, 0.15) is 6.10 Å². The first-order valence-corrected chi connectivity index (χ1v) is 9.69. The number of benzene rings is 1. The SMILES string of the molecule is CS(=O)(=O)c1cn(-c2ccc(C#N)c(C(F)F)c2)c2c1[C@H](O)C(F)(F)CC2. The van der Waals surface area contributed by atoms with Crippen molar-refractivity contribution in [3.05, 3.63) is 46.8 Å². The van der Waals surface area contributed by atoms with Crippen LogP contribution in [0.5, 0.6) is 0 Å². The van der Waals surface area contributed by atoms with E-state index in [2.05, 4.69) is 0 Å². The van der Waals surface area contributed by atoms with Crippen molar-refractivity contribution < 1.29 is 31.1 Å². The third-order valence-corrected chi connectivity index (χ3v) is 5.67. The molecule has 1 N–H and O–H groups in total. The number of nitrogens with zero attached hydrogens (tertiary/aromatic N) is 2. The number of hydrogen-bond donors (Lipinski definition) is 1. The van der Waals surface area contributed by atoms with Crippen LogP contribution in [0.2, 0.25) is 0 Å². The number of halogens is 4. The summed E-state index contributed by atoms with van der Waals surface area (Å²) in [5.41, 5.74) is -1.02. The number of alkyl halides is 4. The quantitative estimate of drug-likeness (QED) is 0.799. The van der Waals surface area contributed by atoms with E-state index in [0.717, 1.165) is 24.6 Å². The molecule has 0 bridgehead atoms. The molecule has 144 valence electrons. The van der Waals surface area contributed by atoms with Gasteiger partial charge in [-0.3, -0.25) is 0 Å². The van der Waals surface area contributed by atoms with E-state index in [9.17, 15) is 31.1 Å². The molecule has 27 heavy (non-hydrogen) atoms. The maximum Gasteiger partial charge on any atom is 0.278 e. The summed E-state index contributed by atoms with van der Waals surface area (Å²) in [6, 6.07) is 5.11. The summed E-state index contributed by atoms with van der Waals surface area (Å²) in [6.45, 7) is 0. The highest BCUT2D eigenvalue weighted by Gasteiger charge is 2.47. The highest BCUT2D eigenvalue weighted by Crippen LogP contribution is 2.45. The molecule has 0 saturated heterocycles. The number of aromatic nitrogens is 1. The van der Waals surface area contributed by atoms with Crippen LogP contribution >= 0.6 is 0 Å². The first kappa shape index (κ1) is 19.4. The molecule has 2 aromatic rings. The van der Waals surface area contributed by atoms with Gasteiger partial charge >= 0.3 is 0 Å². The summed E-state index contributed by atoms with van der Waals surface area (Å²) in [5.74, 6) is -3.50. The molecule has 3 rings (SSSR count). The van der Waals surface area contributed by atoms with Crippen LogP contribution in [0.3, 0.4) is 0 Å². The normalized spacial score (nSPS) is 19.0. The predicted octanol–water partition coefficient (Wildman–Crippen LogP) is 3.30. The van der Waals surface area contributed by atoms with Crippen molar-refractivity contribution >= 4 is 9.84 Å². The van der Waals surface area contributed by atoms with E-state index in [0.29, 0.717) is 0 Å². The fourth-order valence-electron chi connectivity index (χ4n) is 3.23. The molecule has 1 aliphatic carbocycles. The van der Waals surface area contributed by atoms with E-state index < -0.39 is 50.7 Å². The summed E-state index contributed by atoms with van der Waals surface area (Å²) < 4.78 is 79.6. The van der Waals surface area contributed by atoms with Gasteiger partial charge in [0.25, 0.3) is 12.3 Å². The number of fused-ring (bicyclic) bond motifs is 1. The Bertz CT molecular complexity index is 1050. The first-order chi connectivity index (χ1) is 12.5. The maximum absolute atomic E-state index is 13.9. The number of rotatable bonds is 3. The van der Waals surface area contributed by atoms with Crippen molar-refractivity contribution in [1.82, 2.24) is 4.57 Å². The Morgan fingerprint density at radius 3 is 2.59 bits per heavy atom. The number of nitriles is 1. The van der Waals surface area contributed by atoms with Crippen molar-refractivity contribution in [3.8, 4) is 11.8 Å².